The summed E-state index contributed by atoms with van der Waals surface area (Å²) in [6.45, 7) is 1.79. The van der Waals surface area contributed by atoms with Gasteiger partial charge in [0, 0.05) is 0 Å². The SMILES string of the molecule is Cc1c(C2CCCCC2)c(S(=O)(=O)[O-])c(C2CCCCC2)c(S(=O)(=O)O)c1C1CCCCC1. The summed E-state index contributed by atoms with van der Waals surface area (Å²) in [5.74, 6) is -0.430. The molecule has 0 amide bonds. The van der Waals surface area contributed by atoms with E-state index in [1.54, 1.807) is 6.92 Å². The predicted molar refractivity (Wildman–Crippen MR) is 126 cm³/mol. The van der Waals surface area contributed by atoms with E-state index in [1.807, 2.05) is 0 Å². The lowest BCUT2D eigenvalue weighted by Crippen LogP contribution is -2.25. The summed E-state index contributed by atoms with van der Waals surface area (Å²) in [5.41, 5.74) is 1.92. The molecule has 0 heterocycles. The first kappa shape index (κ1) is 25.1. The van der Waals surface area contributed by atoms with Crippen LogP contribution in [0.4, 0.5) is 0 Å². The van der Waals surface area contributed by atoms with Crippen LogP contribution in [0.25, 0.3) is 0 Å². The Balaban J connectivity index is 2.12. The van der Waals surface area contributed by atoms with Gasteiger partial charge in [-0.2, -0.15) is 8.42 Å². The second-order valence-electron chi connectivity index (χ2n) is 10.5. The van der Waals surface area contributed by atoms with Crippen LogP contribution in [0.2, 0.25) is 0 Å². The Kier molecular flexibility index (Phi) is 7.59. The normalized spacial score (nSPS) is 22.5. The second kappa shape index (κ2) is 9.96. The van der Waals surface area contributed by atoms with Gasteiger partial charge in [0.15, 0.2) is 0 Å². The van der Waals surface area contributed by atoms with Gasteiger partial charge < -0.3 is 4.55 Å². The molecule has 0 radical (unpaired) electrons. The molecule has 3 aliphatic carbocycles. The highest BCUT2D eigenvalue weighted by Crippen LogP contribution is 2.51. The molecule has 1 N–H and O–H groups in total. The summed E-state index contributed by atoms with van der Waals surface area (Å²) in [5, 5.41) is 0. The first-order valence-electron chi connectivity index (χ1n) is 12.7. The minimum atomic E-state index is -4.94. The Morgan fingerprint density at radius 2 is 0.939 bits per heavy atom. The quantitative estimate of drug-likeness (QED) is 0.479. The lowest BCUT2D eigenvalue weighted by Gasteiger charge is -2.36. The third kappa shape index (κ3) is 5.19. The Labute approximate surface area is 199 Å². The zero-order valence-corrected chi connectivity index (χ0v) is 21.3. The maximum Gasteiger partial charge on any atom is 0.295 e. The fourth-order valence-corrected chi connectivity index (χ4v) is 9.29. The molecular formula is C25H37O6S2-. The molecule has 0 bridgehead atoms. The minimum Gasteiger partial charge on any atom is -0.744 e. The maximum absolute atomic E-state index is 12.9. The Morgan fingerprint density at radius 3 is 1.27 bits per heavy atom. The third-order valence-corrected chi connectivity index (χ3v) is 10.2. The van der Waals surface area contributed by atoms with Crippen LogP contribution in [0.5, 0.6) is 0 Å². The fourth-order valence-electron chi connectivity index (χ4n) is 6.95. The number of benzene rings is 1. The zero-order chi connectivity index (χ0) is 23.8. The number of hydrogen-bond acceptors (Lipinski definition) is 5. The van der Waals surface area contributed by atoms with Crippen LogP contribution in [-0.2, 0) is 20.2 Å². The van der Waals surface area contributed by atoms with Gasteiger partial charge in [0.25, 0.3) is 10.1 Å². The van der Waals surface area contributed by atoms with Crippen molar-refractivity contribution in [3.63, 3.8) is 0 Å². The molecule has 0 saturated heterocycles. The van der Waals surface area contributed by atoms with Crippen molar-refractivity contribution in [2.24, 2.45) is 0 Å². The van der Waals surface area contributed by atoms with Crippen molar-refractivity contribution in [2.45, 2.75) is 131 Å². The molecule has 0 unspecified atom stereocenters. The molecule has 0 spiro atoms. The smallest absolute Gasteiger partial charge is 0.295 e. The lowest BCUT2D eigenvalue weighted by molar-refractivity contribution is 0.398. The van der Waals surface area contributed by atoms with Crippen LogP contribution < -0.4 is 0 Å². The monoisotopic (exact) mass is 497 g/mol. The van der Waals surface area contributed by atoms with E-state index in [2.05, 4.69) is 0 Å². The van der Waals surface area contributed by atoms with Crippen LogP contribution in [-0.4, -0.2) is 25.9 Å². The van der Waals surface area contributed by atoms with E-state index in [1.165, 1.54) is 0 Å². The highest BCUT2D eigenvalue weighted by molar-refractivity contribution is 7.86. The highest BCUT2D eigenvalue weighted by atomic mass is 32.2. The van der Waals surface area contributed by atoms with E-state index in [4.69, 9.17) is 0 Å². The first-order chi connectivity index (χ1) is 15.6. The van der Waals surface area contributed by atoms with Crippen LogP contribution in [0.15, 0.2) is 9.79 Å². The molecule has 33 heavy (non-hydrogen) atoms. The fraction of sp³-hybridized carbons (Fsp3) is 0.760. The summed E-state index contributed by atoms with van der Waals surface area (Å²) in [6, 6.07) is 0. The molecule has 4 rings (SSSR count). The Morgan fingerprint density at radius 1 is 0.606 bits per heavy atom. The molecule has 3 fully saturated rings. The van der Waals surface area contributed by atoms with Crippen molar-refractivity contribution in [3.8, 4) is 0 Å². The highest BCUT2D eigenvalue weighted by Gasteiger charge is 2.39. The summed E-state index contributed by atoms with van der Waals surface area (Å²) in [6.07, 6.45) is 13.4. The van der Waals surface area contributed by atoms with Gasteiger partial charge in [-0.25, -0.2) is 8.42 Å². The zero-order valence-electron chi connectivity index (χ0n) is 19.6. The van der Waals surface area contributed by atoms with Crippen molar-refractivity contribution in [3.05, 3.63) is 22.3 Å². The van der Waals surface area contributed by atoms with Crippen molar-refractivity contribution < 1.29 is 25.9 Å². The van der Waals surface area contributed by atoms with E-state index in [0.29, 0.717) is 29.5 Å². The average molecular weight is 498 g/mol. The second-order valence-corrected chi connectivity index (χ2v) is 13.1. The summed E-state index contributed by atoms with van der Waals surface area (Å²) in [7, 11) is -9.66. The molecule has 8 heteroatoms. The summed E-state index contributed by atoms with van der Waals surface area (Å²) in [4.78, 5) is -0.557. The van der Waals surface area contributed by atoms with E-state index < -0.39 is 20.2 Å². The van der Waals surface area contributed by atoms with Crippen molar-refractivity contribution in [2.75, 3.05) is 0 Å². The van der Waals surface area contributed by atoms with E-state index >= 15 is 0 Å². The van der Waals surface area contributed by atoms with Crippen molar-refractivity contribution >= 4 is 20.2 Å². The van der Waals surface area contributed by atoms with Crippen molar-refractivity contribution in [1.29, 1.82) is 0 Å². The molecule has 0 atom stereocenters. The van der Waals surface area contributed by atoms with Gasteiger partial charge in [0.1, 0.15) is 15.0 Å². The van der Waals surface area contributed by atoms with Gasteiger partial charge in [0.05, 0.1) is 4.90 Å². The summed E-state index contributed by atoms with van der Waals surface area (Å²) >= 11 is 0. The largest absolute Gasteiger partial charge is 0.744 e. The summed E-state index contributed by atoms with van der Waals surface area (Å²) < 4.78 is 74.9. The molecule has 1 aromatic rings. The van der Waals surface area contributed by atoms with E-state index in [9.17, 15) is 25.9 Å². The molecule has 3 saturated carbocycles. The third-order valence-electron chi connectivity index (χ3n) is 8.33. The van der Waals surface area contributed by atoms with Gasteiger partial charge in [-0.3, -0.25) is 4.55 Å². The van der Waals surface area contributed by atoms with Gasteiger partial charge in [-0.05, 0) is 85.5 Å². The number of hydrogen-bond donors (Lipinski definition) is 1. The van der Waals surface area contributed by atoms with Gasteiger partial charge in [-0.1, -0.05) is 57.8 Å². The van der Waals surface area contributed by atoms with E-state index in [0.717, 1.165) is 83.5 Å². The van der Waals surface area contributed by atoms with Crippen LogP contribution >= 0.6 is 0 Å². The predicted octanol–water partition coefficient (Wildman–Crippen LogP) is 6.29. The molecule has 0 aromatic heterocycles. The lowest BCUT2D eigenvalue weighted by atomic mass is 9.73. The van der Waals surface area contributed by atoms with Crippen molar-refractivity contribution in [1.82, 2.24) is 0 Å². The van der Waals surface area contributed by atoms with E-state index in [-0.39, 0.29) is 33.1 Å². The molecule has 3 aliphatic rings. The molecule has 0 aliphatic heterocycles. The molecule has 186 valence electrons. The topological polar surface area (TPSA) is 112 Å². The maximum atomic E-state index is 12.9. The van der Waals surface area contributed by atoms with Gasteiger partial charge in [-0.15, -0.1) is 0 Å². The average Bonchev–Trinajstić information content (AvgIpc) is 2.78. The Hall–Kier alpha value is -0.960. The van der Waals surface area contributed by atoms with Crippen LogP contribution in [0, 0.1) is 6.92 Å². The van der Waals surface area contributed by atoms with Crippen LogP contribution in [0.3, 0.4) is 0 Å². The standard InChI is InChI=1S/C25H38O6S2/c1-17-21(18-11-5-2-6-12-18)24(32(26,27)28)23(20-15-9-4-10-16-20)25(33(29,30)31)22(17)19-13-7-3-8-14-19/h18-20H,2-16H2,1H3,(H,26,27,28)(H,29,30,31)/p-1. The van der Waals surface area contributed by atoms with Crippen LogP contribution in [0.1, 0.15) is 136 Å². The first-order valence-corrected chi connectivity index (χ1v) is 15.6. The van der Waals surface area contributed by atoms with Gasteiger partial charge in [0.2, 0.25) is 0 Å². The number of rotatable bonds is 5. The Bertz CT molecular complexity index is 997. The minimum absolute atomic E-state index is 0.0382. The molecule has 6 nitrogen and oxygen atoms in total. The molecular weight excluding hydrogens is 460 g/mol. The molecule has 1 aromatic carbocycles. The van der Waals surface area contributed by atoms with Gasteiger partial charge >= 0.3 is 0 Å².